The van der Waals surface area contributed by atoms with Gasteiger partial charge in [0.05, 0.1) is 16.5 Å². The number of anilines is 1. The van der Waals surface area contributed by atoms with Crippen LogP contribution < -0.4 is 5.32 Å². The van der Waals surface area contributed by atoms with Crippen molar-refractivity contribution in [3.05, 3.63) is 57.6 Å². The SMILES string of the molecule is Cc1ccc(C(C)(C)C)cc1SCC(=O)Nc1ccc(Cl)cc1Cl. The molecule has 1 N–H and O–H groups in total. The van der Waals surface area contributed by atoms with Gasteiger partial charge in [0, 0.05) is 9.92 Å². The molecule has 0 fully saturated rings. The zero-order valence-corrected chi connectivity index (χ0v) is 16.6. The molecule has 0 aliphatic rings. The average Bonchev–Trinajstić information content (AvgIpc) is 2.48. The molecule has 0 spiro atoms. The summed E-state index contributed by atoms with van der Waals surface area (Å²) in [5, 5.41) is 3.80. The van der Waals surface area contributed by atoms with Crippen molar-refractivity contribution >= 4 is 46.6 Å². The maximum Gasteiger partial charge on any atom is 0.234 e. The molecule has 5 heteroatoms. The summed E-state index contributed by atoms with van der Waals surface area (Å²) in [6, 6.07) is 11.4. The van der Waals surface area contributed by atoms with Crippen LogP contribution >= 0.6 is 35.0 Å². The number of hydrogen-bond acceptors (Lipinski definition) is 2. The molecule has 2 aromatic carbocycles. The summed E-state index contributed by atoms with van der Waals surface area (Å²) in [4.78, 5) is 13.3. The Labute approximate surface area is 157 Å². The largest absolute Gasteiger partial charge is 0.324 e. The maximum absolute atomic E-state index is 12.2. The van der Waals surface area contributed by atoms with E-state index in [1.807, 2.05) is 0 Å². The standard InChI is InChI=1S/C19H21Cl2NOS/c1-12-5-6-13(19(2,3)4)9-17(12)24-11-18(23)22-16-8-7-14(20)10-15(16)21/h5-10H,11H2,1-4H3,(H,22,23). The number of thioether (sulfide) groups is 1. The highest BCUT2D eigenvalue weighted by Crippen LogP contribution is 2.30. The first kappa shape index (κ1) is 19.2. The van der Waals surface area contributed by atoms with E-state index >= 15 is 0 Å². The van der Waals surface area contributed by atoms with Crippen molar-refractivity contribution in [1.29, 1.82) is 0 Å². The van der Waals surface area contributed by atoms with E-state index < -0.39 is 0 Å². The highest BCUT2D eigenvalue weighted by Gasteiger charge is 2.15. The summed E-state index contributed by atoms with van der Waals surface area (Å²) in [5.41, 5.74) is 3.09. The summed E-state index contributed by atoms with van der Waals surface area (Å²) in [7, 11) is 0. The molecule has 1 amide bonds. The molecule has 0 unspecified atom stereocenters. The molecule has 0 atom stereocenters. The lowest BCUT2D eigenvalue weighted by Gasteiger charge is -2.20. The first-order valence-electron chi connectivity index (χ1n) is 7.65. The molecule has 0 bridgehead atoms. The predicted molar refractivity (Wildman–Crippen MR) is 106 cm³/mol. The molecule has 24 heavy (non-hydrogen) atoms. The van der Waals surface area contributed by atoms with Crippen LogP contribution in [0, 0.1) is 6.92 Å². The Morgan fingerprint density at radius 3 is 2.46 bits per heavy atom. The summed E-state index contributed by atoms with van der Waals surface area (Å²) in [6.07, 6.45) is 0. The van der Waals surface area contributed by atoms with Crippen LogP contribution in [0.3, 0.4) is 0 Å². The van der Waals surface area contributed by atoms with Crippen molar-refractivity contribution in [3.63, 3.8) is 0 Å². The van der Waals surface area contributed by atoms with Crippen molar-refractivity contribution in [2.75, 3.05) is 11.1 Å². The van der Waals surface area contributed by atoms with Gasteiger partial charge in [-0.3, -0.25) is 4.79 Å². The van der Waals surface area contributed by atoms with Gasteiger partial charge in [0.25, 0.3) is 0 Å². The predicted octanol–water partition coefficient (Wildman–Crippen LogP) is 6.33. The molecule has 0 aliphatic heterocycles. The highest BCUT2D eigenvalue weighted by atomic mass is 35.5. The third-order valence-electron chi connectivity index (χ3n) is 3.62. The number of halogens is 2. The number of amides is 1. The van der Waals surface area contributed by atoms with Crippen molar-refractivity contribution < 1.29 is 4.79 Å². The summed E-state index contributed by atoms with van der Waals surface area (Å²) in [6.45, 7) is 8.60. The minimum Gasteiger partial charge on any atom is -0.324 e. The molecule has 2 aromatic rings. The third-order valence-corrected chi connectivity index (χ3v) is 5.32. The van der Waals surface area contributed by atoms with Gasteiger partial charge >= 0.3 is 0 Å². The van der Waals surface area contributed by atoms with E-state index in [2.05, 4.69) is 51.2 Å². The van der Waals surface area contributed by atoms with E-state index in [-0.39, 0.29) is 11.3 Å². The van der Waals surface area contributed by atoms with E-state index in [0.29, 0.717) is 21.5 Å². The first-order valence-corrected chi connectivity index (χ1v) is 9.40. The minimum absolute atomic E-state index is 0.0854. The van der Waals surface area contributed by atoms with Crippen LogP contribution in [0.15, 0.2) is 41.3 Å². The highest BCUT2D eigenvalue weighted by molar-refractivity contribution is 8.00. The van der Waals surface area contributed by atoms with Crippen LogP contribution in [0.5, 0.6) is 0 Å². The molecule has 2 nitrogen and oxygen atoms in total. The number of nitrogens with one attached hydrogen (secondary N) is 1. The number of aryl methyl sites for hydroxylation is 1. The van der Waals surface area contributed by atoms with Crippen molar-refractivity contribution in [2.45, 2.75) is 38.0 Å². The number of carbonyl (C=O) groups excluding carboxylic acids is 1. The van der Waals surface area contributed by atoms with Crippen LogP contribution in [0.4, 0.5) is 5.69 Å². The number of benzene rings is 2. The first-order chi connectivity index (χ1) is 11.2. The lowest BCUT2D eigenvalue weighted by molar-refractivity contribution is -0.113. The van der Waals surface area contributed by atoms with Crippen LogP contribution in [-0.2, 0) is 10.2 Å². The van der Waals surface area contributed by atoms with Crippen molar-refractivity contribution in [2.24, 2.45) is 0 Å². The minimum atomic E-state index is -0.0928. The quantitative estimate of drug-likeness (QED) is 0.626. The van der Waals surface area contributed by atoms with Gasteiger partial charge in [0.1, 0.15) is 0 Å². The fraction of sp³-hybridized carbons (Fsp3) is 0.316. The smallest absolute Gasteiger partial charge is 0.234 e. The van der Waals surface area contributed by atoms with Gasteiger partial charge in [0.2, 0.25) is 5.91 Å². The number of hydrogen-bond donors (Lipinski definition) is 1. The van der Waals surface area contributed by atoms with Gasteiger partial charge in [-0.2, -0.15) is 0 Å². The Morgan fingerprint density at radius 2 is 1.83 bits per heavy atom. The van der Waals surface area contributed by atoms with Crippen molar-refractivity contribution in [1.82, 2.24) is 0 Å². The normalized spacial score (nSPS) is 11.4. The maximum atomic E-state index is 12.2. The van der Waals surface area contributed by atoms with Gasteiger partial charge in [-0.1, -0.05) is 56.1 Å². The Hall–Kier alpha value is -1.16. The van der Waals surface area contributed by atoms with Crippen LogP contribution in [-0.4, -0.2) is 11.7 Å². The van der Waals surface area contributed by atoms with Gasteiger partial charge < -0.3 is 5.32 Å². The third kappa shape index (κ3) is 5.17. The summed E-state index contributed by atoms with van der Waals surface area (Å²) < 4.78 is 0. The van der Waals surface area contributed by atoms with E-state index in [4.69, 9.17) is 23.2 Å². The molecule has 2 rings (SSSR count). The topological polar surface area (TPSA) is 29.1 Å². The van der Waals surface area contributed by atoms with Gasteiger partial charge in [-0.15, -0.1) is 11.8 Å². The average molecular weight is 382 g/mol. The monoisotopic (exact) mass is 381 g/mol. The van der Waals surface area contributed by atoms with Crippen LogP contribution in [0.1, 0.15) is 31.9 Å². The van der Waals surface area contributed by atoms with Gasteiger partial charge in [-0.05, 0) is 47.7 Å². The second-order valence-electron chi connectivity index (χ2n) is 6.69. The lowest BCUT2D eigenvalue weighted by atomic mass is 9.87. The second kappa shape index (κ2) is 7.81. The fourth-order valence-electron chi connectivity index (χ4n) is 2.14. The Kier molecular flexibility index (Phi) is 6.24. The Morgan fingerprint density at radius 1 is 1.12 bits per heavy atom. The summed E-state index contributed by atoms with van der Waals surface area (Å²) in [5.74, 6) is 0.234. The Balaban J connectivity index is 2.04. The van der Waals surface area contributed by atoms with E-state index in [9.17, 15) is 4.79 Å². The van der Waals surface area contributed by atoms with Gasteiger partial charge in [0.15, 0.2) is 0 Å². The Bertz CT molecular complexity index is 754. The molecule has 0 saturated heterocycles. The van der Waals surface area contributed by atoms with E-state index in [1.165, 1.54) is 22.9 Å². The van der Waals surface area contributed by atoms with Crippen LogP contribution in [0.2, 0.25) is 10.0 Å². The lowest BCUT2D eigenvalue weighted by Crippen LogP contribution is -2.15. The molecule has 128 valence electrons. The number of rotatable bonds is 4. The fourth-order valence-corrected chi connectivity index (χ4v) is 3.46. The zero-order chi connectivity index (χ0) is 17.9. The zero-order valence-electron chi connectivity index (χ0n) is 14.2. The van der Waals surface area contributed by atoms with Gasteiger partial charge in [-0.25, -0.2) is 0 Å². The van der Waals surface area contributed by atoms with Crippen LogP contribution in [0.25, 0.3) is 0 Å². The molecule has 0 heterocycles. The van der Waals surface area contributed by atoms with E-state index in [0.717, 1.165) is 4.90 Å². The molecular weight excluding hydrogens is 361 g/mol. The van der Waals surface area contributed by atoms with Crippen molar-refractivity contribution in [3.8, 4) is 0 Å². The molecule has 0 aromatic heterocycles. The summed E-state index contributed by atoms with van der Waals surface area (Å²) >= 11 is 13.5. The van der Waals surface area contributed by atoms with E-state index in [1.54, 1.807) is 18.2 Å². The molecular formula is C19H21Cl2NOS. The number of carbonyl (C=O) groups is 1. The molecule has 0 saturated carbocycles. The molecule has 0 aliphatic carbocycles. The molecule has 0 radical (unpaired) electrons. The second-order valence-corrected chi connectivity index (χ2v) is 8.55.